The quantitative estimate of drug-likeness (QED) is 0.557. The Morgan fingerprint density at radius 2 is 1.85 bits per heavy atom. The average molecular weight is 237 g/mol. The fourth-order valence-electron chi connectivity index (χ4n) is 1.21. The Labute approximate surface area is 92.7 Å². The SMILES string of the molecule is [Li][Se]c1ccccc1C(OC)OC. The second kappa shape index (κ2) is 5.88. The van der Waals surface area contributed by atoms with Crippen molar-refractivity contribution in [3.63, 3.8) is 0 Å². The summed E-state index contributed by atoms with van der Waals surface area (Å²) in [5.74, 6) is 0. The van der Waals surface area contributed by atoms with Gasteiger partial charge in [0.25, 0.3) is 0 Å². The molecule has 4 heteroatoms. The molecule has 0 aliphatic heterocycles. The van der Waals surface area contributed by atoms with Crippen molar-refractivity contribution in [1.82, 2.24) is 0 Å². The van der Waals surface area contributed by atoms with E-state index in [1.165, 1.54) is 4.46 Å². The van der Waals surface area contributed by atoms with Crippen molar-refractivity contribution < 1.29 is 9.47 Å². The van der Waals surface area contributed by atoms with Crippen LogP contribution in [-0.4, -0.2) is 42.8 Å². The first-order chi connectivity index (χ1) is 6.33. The summed E-state index contributed by atoms with van der Waals surface area (Å²) in [4.78, 5) is 0. The van der Waals surface area contributed by atoms with Crippen LogP contribution in [0.2, 0.25) is 0 Å². The van der Waals surface area contributed by atoms with Gasteiger partial charge in [0.2, 0.25) is 0 Å². The third-order valence-corrected chi connectivity index (χ3v) is 3.52. The zero-order valence-electron chi connectivity index (χ0n) is 8.11. The van der Waals surface area contributed by atoms with Crippen LogP contribution in [0.1, 0.15) is 11.9 Å². The fourth-order valence-corrected chi connectivity index (χ4v) is 2.50. The molecule has 0 atom stereocenters. The van der Waals surface area contributed by atoms with Gasteiger partial charge in [-0.1, -0.05) is 0 Å². The van der Waals surface area contributed by atoms with Crippen LogP contribution >= 0.6 is 0 Å². The Balaban J connectivity index is 2.96. The van der Waals surface area contributed by atoms with E-state index in [4.69, 9.17) is 9.47 Å². The van der Waals surface area contributed by atoms with Crippen LogP contribution in [0, 0.1) is 0 Å². The van der Waals surface area contributed by atoms with Gasteiger partial charge < -0.3 is 0 Å². The van der Waals surface area contributed by atoms with Gasteiger partial charge in [0, 0.05) is 0 Å². The molecule has 0 fully saturated rings. The van der Waals surface area contributed by atoms with E-state index < -0.39 is 0 Å². The maximum absolute atomic E-state index is 5.22. The van der Waals surface area contributed by atoms with Crippen molar-refractivity contribution in [3.8, 4) is 0 Å². The van der Waals surface area contributed by atoms with Crippen LogP contribution in [-0.2, 0) is 9.47 Å². The van der Waals surface area contributed by atoms with Gasteiger partial charge in [-0.05, 0) is 0 Å². The maximum atomic E-state index is 5.22. The number of hydrogen-bond acceptors (Lipinski definition) is 2. The van der Waals surface area contributed by atoms with Gasteiger partial charge in [0.1, 0.15) is 0 Å². The standard InChI is InChI=1S/C9H12O2Se.Li/c1-10-9(11-2)7-5-3-4-6-8(7)12;/h3-6,9,12H,1-2H3;/q;+1/p-1. The van der Waals surface area contributed by atoms with Gasteiger partial charge in [0.05, 0.1) is 0 Å². The van der Waals surface area contributed by atoms with Gasteiger partial charge in [-0.2, -0.15) is 0 Å². The molecular weight excluding hydrogens is 226 g/mol. The predicted molar refractivity (Wildman–Crippen MR) is 54.3 cm³/mol. The van der Waals surface area contributed by atoms with Crippen LogP contribution in [0.5, 0.6) is 0 Å². The zero-order valence-corrected chi connectivity index (χ0v) is 9.82. The summed E-state index contributed by atoms with van der Waals surface area (Å²) in [6.45, 7) is 0. The molecule has 0 unspecified atom stereocenters. The number of methoxy groups -OCH3 is 2. The van der Waals surface area contributed by atoms with E-state index in [0.29, 0.717) is 12.8 Å². The number of ether oxygens (including phenoxy) is 2. The van der Waals surface area contributed by atoms with Gasteiger partial charge >= 0.3 is 92.8 Å². The van der Waals surface area contributed by atoms with Crippen LogP contribution < -0.4 is 4.46 Å². The summed E-state index contributed by atoms with van der Waals surface area (Å²) < 4.78 is 11.8. The molecule has 1 aromatic carbocycles. The molecule has 1 aromatic rings. The molecule has 13 heavy (non-hydrogen) atoms. The number of rotatable bonds is 4. The summed E-state index contributed by atoms with van der Waals surface area (Å²) in [5, 5.41) is 0. The van der Waals surface area contributed by atoms with Crippen molar-refractivity contribution in [2.45, 2.75) is 6.29 Å². The summed E-state index contributed by atoms with van der Waals surface area (Å²) in [7, 11) is 3.32. The molecule has 0 bridgehead atoms. The molecule has 0 spiro atoms. The third-order valence-electron chi connectivity index (χ3n) is 1.82. The molecule has 0 saturated heterocycles. The van der Waals surface area contributed by atoms with Crippen molar-refractivity contribution in [3.05, 3.63) is 29.8 Å². The Kier molecular flexibility index (Phi) is 5.12. The molecule has 0 aromatic heterocycles. The van der Waals surface area contributed by atoms with Gasteiger partial charge in [-0.25, -0.2) is 0 Å². The second-order valence-corrected chi connectivity index (χ2v) is 4.32. The topological polar surface area (TPSA) is 18.5 Å². The van der Waals surface area contributed by atoms with E-state index in [-0.39, 0.29) is 6.29 Å². The minimum absolute atomic E-state index is 0.224. The average Bonchev–Trinajstić information content (AvgIpc) is 2.20. The zero-order chi connectivity index (χ0) is 9.68. The Morgan fingerprint density at radius 1 is 1.23 bits per heavy atom. The fraction of sp³-hybridized carbons (Fsp3) is 0.333. The summed E-state index contributed by atoms with van der Waals surface area (Å²) in [6, 6.07) is 8.24. The van der Waals surface area contributed by atoms with Crippen molar-refractivity contribution in [1.29, 1.82) is 0 Å². The van der Waals surface area contributed by atoms with E-state index in [9.17, 15) is 0 Å². The first kappa shape index (κ1) is 11.3. The molecule has 66 valence electrons. The summed E-state index contributed by atoms with van der Waals surface area (Å²) in [5.41, 5.74) is 1.15. The first-order valence-corrected chi connectivity index (χ1v) is 6.59. The molecular formula is C9H11LiO2Se. The van der Waals surface area contributed by atoms with Crippen molar-refractivity contribution >= 4 is 33.0 Å². The molecule has 0 heterocycles. The molecule has 0 saturated carbocycles. The predicted octanol–water partition coefficient (Wildman–Crippen LogP) is 0.391. The van der Waals surface area contributed by atoms with E-state index in [1.54, 1.807) is 14.2 Å². The van der Waals surface area contributed by atoms with E-state index in [2.05, 4.69) is 27.9 Å². The molecule has 0 radical (unpaired) electrons. The van der Waals surface area contributed by atoms with E-state index in [1.807, 2.05) is 12.1 Å². The van der Waals surface area contributed by atoms with Crippen molar-refractivity contribution in [2.24, 2.45) is 0 Å². The normalized spacial score (nSPS) is 10.8. The van der Waals surface area contributed by atoms with Crippen LogP contribution in [0.15, 0.2) is 24.3 Å². The monoisotopic (exact) mass is 238 g/mol. The molecule has 1 rings (SSSR count). The van der Waals surface area contributed by atoms with Crippen molar-refractivity contribution in [2.75, 3.05) is 14.2 Å². The molecule has 0 aliphatic rings. The van der Waals surface area contributed by atoms with E-state index >= 15 is 0 Å². The molecule has 0 N–H and O–H groups in total. The molecule has 0 amide bonds. The Hall–Kier alpha value is 0.257. The van der Waals surface area contributed by atoms with Crippen LogP contribution in [0.4, 0.5) is 0 Å². The minimum atomic E-state index is -0.224. The molecule has 0 aliphatic carbocycles. The number of benzene rings is 1. The van der Waals surface area contributed by atoms with E-state index in [0.717, 1.165) is 5.56 Å². The van der Waals surface area contributed by atoms with Gasteiger partial charge in [-0.15, -0.1) is 0 Å². The third kappa shape index (κ3) is 2.85. The second-order valence-electron chi connectivity index (χ2n) is 2.55. The van der Waals surface area contributed by atoms with Crippen LogP contribution in [0.25, 0.3) is 0 Å². The summed E-state index contributed by atoms with van der Waals surface area (Å²) >= 11 is 2.67. The summed E-state index contributed by atoms with van der Waals surface area (Å²) in [6.07, 6.45) is -0.224. The van der Waals surface area contributed by atoms with Crippen LogP contribution in [0.3, 0.4) is 0 Å². The Bertz CT molecular complexity index is 264. The molecule has 2 nitrogen and oxygen atoms in total. The number of hydrogen-bond donors (Lipinski definition) is 0. The Morgan fingerprint density at radius 3 is 2.38 bits per heavy atom. The van der Waals surface area contributed by atoms with Gasteiger partial charge in [0.15, 0.2) is 0 Å². The first-order valence-electron chi connectivity index (χ1n) is 4.02. The van der Waals surface area contributed by atoms with Gasteiger partial charge in [-0.3, -0.25) is 0 Å².